The minimum absolute atomic E-state index is 0.653. The molecular weight excluding hydrogens is 208 g/mol. The summed E-state index contributed by atoms with van der Waals surface area (Å²) >= 11 is 5.76. The maximum Gasteiger partial charge on any atom is 0.0623 e. The Morgan fingerprint density at radius 3 is 2.80 bits per heavy atom. The van der Waals surface area contributed by atoms with Crippen molar-refractivity contribution in [1.82, 2.24) is 4.57 Å². The van der Waals surface area contributed by atoms with E-state index in [4.69, 9.17) is 11.6 Å². The van der Waals surface area contributed by atoms with Gasteiger partial charge in [0, 0.05) is 43.6 Å². The first-order valence-corrected chi connectivity index (χ1v) is 5.58. The first kappa shape index (κ1) is 10.4. The standard InChI is InChI=1S/C12H15ClN2/c1-14(8-7-13)12-9-15(2)11-6-4-3-5-10(11)12/h3-6,9H,7-8H2,1-2H3. The van der Waals surface area contributed by atoms with Crippen molar-refractivity contribution in [1.29, 1.82) is 0 Å². The van der Waals surface area contributed by atoms with Gasteiger partial charge in [0.15, 0.2) is 0 Å². The molecule has 0 spiro atoms. The van der Waals surface area contributed by atoms with E-state index in [1.807, 2.05) is 0 Å². The molecule has 2 aromatic rings. The lowest BCUT2D eigenvalue weighted by molar-refractivity contribution is 0.939. The third kappa shape index (κ3) is 1.82. The van der Waals surface area contributed by atoms with Crippen LogP contribution in [0.25, 0.3) is 10.9 Å². The average Bonchev–Trinajstić information content (AvgIpc) is 2.58. The van der Waals surface area contributed by atoms with Crippen molar-refractivity contribution >= 4 is 28.2 Å². The number of para-hydroxylation sites is 1. The highest BCUT2D eigenvalue weighted by molar-refractivity contribution is 6.18. The zero-order chi connectivity index (χ0) is 10.8. The van der Waals surface area contributed by atoms with Gasteiger partial charge in [-0.15, -0.1) is 11.6 Å². The predicted octanol–water partition coefficient (Wildman–Crippen LogP) is 2.85. The summed E-state index contributed by atoms with van der Waals surface area (Å²) in [6, 6.07) is 8.41. The number of fused-ring (bicyclic) bond motifs is 1. The molecule has 1 aromatic carbocycles. The lowest BCUT2D eigenvalue weighted by Crippen LogP contribution is -2.19. The summed E-state index contributed by atoms with van der Waals surface area (Å²) < 4.78 is 2.15. The van der Waals surface area contributed by atoms with Gasteiger partial charge in [-0.05, 0) is 6.07 Å². The Hall–Kier alpha value is -1.15. The van der Waals surface area contributed by atoms with Crippen molar-refractivity contribution in [2.75, 3.05) is 24.4 Å². The monoisotopic (exact) mass is 222 g/mol. The van der Waals surface area contributed by atoms with Gasteiger partial charge in [-0.3, -0.25) is 0 Å². The summed E-state index contributed by atoms with van der Waals surface area (Å²) in [5, 5.41) is 1.28. The molecule has 80 valence electrons. The van der Waals surface area contributed by atoms with Gasteiger partial charge in [0.1, 0.15) is 0 Å². The van der Waals surface area contributed by atoms with Crippen LogP contribution in [0.1, 0.15) is 0 Å². The smallest absolute Gasteiger partial charge is 0.0623 e. The first-order valence-electron chi connectivity index (χ1n) is 5.05. The highest BCUT2D eigenvalue weighted by atomic mass is 35.5. The maximum atomic E-state index is 5.76. The van der Waals surface area contributed by atoms with E-state index < -0.39 is 0 Å². The van der Waals surface area contributed by atoms with Crippen LogP contribution in [0.15, 0.2) is 30.5 Å². The van der Waals surface area contributed by atoms with Crippen LogP contribution in [0, 0.1) is 0 Å². The maximum absolute atomic E-state index is 5.76. The third-order valence-corrected chi connectivity index (χ3v) is 2.88. The van der Waals surface area contributed by atoms with E-state index in [0.29, 0.717) is 5.88 Å². The molecule has 0 radical (unpaired) electrons. The van der Waals surface area contributed by atoms with Gasteiger partial charge in [0.05, 0.1) is 5.69 Å². The van der Waals surface area contributed by atoms with Crippen molar-refractivity contribution in [2.24, 2.45) is 7.05 Å². The van der Waals surface area contributed by atoms with Crippen molar-refractivity contribution in [3.63, 3.8) is 0 Å². The van der Waals surface area contributed by atoms with Crippen LogP contribution in [0.2, 0.25) is 0 Å². The number of halogens is 1. The molecule has 3 heteroatoms. The van der Waals surface area contributed by atoms with Gasteiger partial charge >= 0.3 is 0 Å². The van der Waals surface area contributed by atoms with E-state index in [2.05, 4.69) is 54.0 Å². The van der Waals surface area contributed by atoms with Gasteiger partial charge < -0.3 is 9.47 Å². The summed E-state index contributed by atoms with van der Waals surface area (Å²) in [7, 11) is 4.14. The third-order valence-electron chi connectivity index (χ3n) is 2.71. The molecule has 1 heterocycles. The van der Waals surface area contributed by atoms with Crippen LogP contribution in [0.5, 0.6) is 0 Å². The van der Waals surface area contributed by atoms with Crippen LogP contribution in [0.4, 0.5) is 5.69 Å². The molecule has 0 N–H and O–H groups in total. The fourth-order valence-electron chi connectivity index (χ4n) is 1.87. The molecule has 0 aliphatic carbocycles. The highest BCUT2D eigenvalue weighted by Crippen LogP contribution is 2.27. The normalized spacial score (nSPS) is 10.9. The number of aryl methyl sites for hydroxylation is 1. The Labute approximate surface area is 95.1 Å². The summed E-state index contributed by atoms with van der Waals surface area (Å²) in [6.45, 7) is 0.871. The number of hydrogen-bond donors (Lipinski definition) is 0. The molecule has 0 saturated carbocycles. The molecule has 0 saturated heterocycles. The van der Waals surface area contributed by atoms with E-state index >= 15 is 0 Å². The van der Waals surface area contributed by atoms with Crippen molar-refractivity contribution in [2.45, 2.75) is 0 Å². The van der Waals surface area contributed by atoms with Crippen LogP contribution in [-0.2, 0) is 7.05 Å². The zero-order valence-corrected chi connectivity index (χ0v) is 9.83. The van der Waals surface area contributed by atoms with Gasteiger partial charge in [0.2, 0.25) is 0 Å². The summed E-state index contributed by atoms with van der Waals surface area (Å²) in [5.41, 5.74) is 2.50. The summed E-state index contributed by atoms with van der Waals surface area (Å²) in [5.74, 6) is 0.653. The number of aromatic nitrogens is 1. The second-order valence-electron chi connectivity index (χ2n) is 3.75. The highest BCUT2D eigenvalue weighted by Gasteiger charge is 2.08. The van der Waals surface area contributed by atoms with Crippen LogP contribution in [0.3, 0.4) is 0 Å². The molecule has 2 nitrogen and oxygen atoms in total. The van der Waals surface area contributed by atoms with Crippen molar-refractivity contribution in [3.8, 4) is 0 Å². The van der Waals surface area contributed by atoms with E-state index in [0.717, 1.165) is 6.54 Å². The predicted molar refractivity (Wildman–Crippen MR) is 66.9 cm³/mol. The topological polar surface area (TPSA) is 8.17 Å². The van der Waals surface area contributed by atoms with Crippen molar-refractivity contribution in [3.05, 3.63) is 30.5 Å². The number of alkyl halides is 1. The molecular formula is C12H15ClN2. The minimum atomic E-state index is 0.653. The second-order valence-corrected chi connectivity index (χ2v) is 4.13. The van der Waals surface area contributed by atoms with Crippen molar-refractivity contribution < 1.29 is 0 Å². The fourth-order valence-corrected chi connectivity index (χ4v) is 2.13. The molecule has 0 amide bonds. The van der Waals surface area contributed by atoms with Crippen LogP contribution < -0.4 is 4.90 Å². The number of rotatable bonds is 3. The molecule has 2 rings (SSSR count). The second kappa shape index (κ2) is 4.15. The minimum Gasteiger partial charge on any atom is -0.372 e. The molecule has 0 aliphatic rings. The van der Waals surface area contributed by atoms with E-state index in [-0.39, 0.29) is 0 Å². The average molecular weight is 223 g/mol. The SMILES string of the molecule is CN(CCCl)c1cn(C)c2ccccc12. The van der Waals surface area contributed by atoms with Gasteiger partial charge in [-0.1, -0.05) is 18.2 Å². The molecule has 0 fully saturated rings. The number of nitrogens with zero attached hydrogens (tertiary/aromatic N) is 2. The Bertz CT molecular complexity index is 462. The molecule has 1 aromatic heterocycles. The molecule has 15 heavy (non-hydrogen) atoms. The Kier molecular flexibility index (Phi) is 2.87. The Balaban J connectivity index is 2.52. The molecule has 0 unspecified atom stereocenters. The molecule has 0 bridgehead atoms. The van der Waals surface area contributed by atoms with Crippen LogP contribution >= 0.6 is 11.6 Å². The largest absolute Gasteiger partial charge is 0.372 e. The van der Waals surface area contributed by atoms with Gasteiger partial charge in [-0.2, -0.15) is 0 Å². The quantitative estimate of drug-likeness (QED) is 0.726. The zero-order valence-electron chi connectivity index (χ0n) is 9.07. The summed E-state index contributed by atoms with van der Waals surface area (Å²) in [4.78, 5) is 2.19. The Morgan fingerprint density at radius 1 is 1.33 bits per heavy atom. The molecule has 0 atom stereocenters. The van der Waals surface area contributed by atoms with E-state index in [9.17, 15) is 0 Å². The molecule has 0 aliphatic heterocycles. The Morgan fingerprint density at radius 2 is 2.07 bits per heavy atom. The number of benzene rings is 1. The van der Waals surface area contributed by atoms with E-state index in [1.165, 1.54) is 16.6 Å². The van der Waals surface area contributed by atoms with Crippen LogP contribution in [-0.4, -0.2) is 24.0 Å². The summed E-state index contributed by atoms with van der Waals surface area (Å²) in [6.07, 6.45) is 2.15. The lowest BCUT2D eigenvalue weighted by Gasteiger charge is -2.16. The van der Waals surface area contributed by atoms with E-state index in [1.54, 1.807) is 0 Å². The van der Waals surface area contributed by atoms with Gasteiger partial charge in [0.25, 0.3) is 0 Å². The lowest BCUT2D eigenvalue weighted by atomic mass is 10.2. The number of anilines is 1. The van der Waals surface area contributed by atoms with Gasteiger partial charge in [-0.25, -0.2) is 0 Å². The number of hydrogen-bond acceptors (Lipinski definition) is 1. The fraction of sp³-hybridized carbons (Fsp3) is 0.333. The first-order chi connectivity index (χ1) is 7.24.